The van der Waals surface area contributed by atoms with Crippen LogP contribution in [-0.4, -0.2) is 40.1 Å². The van der Waals surface area contributed by atoms with Gasteiger partial charge in [0.2, 0.25) is 10.0 Å². The highest BCUT2D eigenvalue weighted by atomic mass is 32.2. The van der Waals surface area contributed by atoms with Crippen molar-refractivity contribution in [2.24, 2.45) is 0 Å². The van der Waals surface area contributed by atoms with Gasteiger partial charge in [0.1, 0.15) is 12.7 Å². The Morgan fingerprint density at radius 3 is 2.46 bits per heavy atom. The Morgan fingerprint density at radius 2 is 1.73 bits per heavy atom. The molecule has 37 heavy (non-hydrogen) atoms. The Balaban J connectivity index is 1.51. The number of hydrogen-bond acceptors (Lipinski definition) is 5. The summed E-state index contributed by atoms with van der Waals surface area (Å²) in [7, 11) is -4.59. The van der Waals surface area contributed by atoms with Crippen LogP contribution < -0.4 is 4.72 Å². The largest absolute Gasteiger partial charge is 0.416 e. The Hall–Kier alpha value is -3.45. The Bertz CT molecular complexity index is 1540. The van der Waals surface area contributed by atoms with Crippen molar-refractivity contribution in [1.82, 2.24) is 24.5 Å². The fraction of sp³-hybridized carbons (Fsp3) is 0.292. The molecule has 1 aliphatic rings. The van der Waals surface area contributed by atoms with E-state index in [1.807, 2.05) is 0 Å². The van der Waals surface area contributed by atoms with Crippen LogP contribution in [0.5, 0.6) is 0 Å². The van der Waals surface area contributed by atoms with Crippen LogP contribution in [0.15, 0.2) is 72.3 Å². The Labute approximate surface area is 208 Å². The second-order valence-electron chi connectivity index (χ2n) is 9.04. The summed E-state index contributed by atoms with van der Waals surface area (Å²) in [4.78, 5) is 3.51. The number of halogens is 5. The Kier molecular flexibility index (Phi) is 6.23. The molecule has 7 nitrogen and oxygen atoms in total. The molecule has 0 bridgehead atoms. The van der Waals surface area contributed by atoms with Gasteiger partial charge in [-0.3, -0.25) is 4.98 Å². The van der Waals surface area contributed by atoms with Crippen LogP contribution in [0.1, 0.15) is 30.9 Å². The van der Waals surface area contributed by atoms with E-state index in [9.17, 15) is 30.4 Å². The van der Waals surface area contributed by atoms with Crippen molar-refractivity contribution in [3.8, 4) is 11.1 Å². The molecule has 5 rings (SSSR count). The van der Waals surface area contributed by atoms with Gasteiger partial charge in [0.05, 0.1) is 16.0 Å². The van der Waals surface area contributed by atoms with Crippen LogP contribution in [0.4, 0.5) is 22.0 Å². The average Bonchev–Trinajstić information content (AvgIpc) is 3.37. The number of sulfonamides is 1. The first kappa shape index (κ1) is 25.2. The molecule has 1 saturated carbocycles. The summed E-state index contributed by atoms with van der Waals surface area (Å²) in [5.74, 6) is -3.20. The van der Waals surface area contributed by atoms with E-state index >= 15 is 0 Å². The van der Waals surface area contributed by atoms with Crippen molar-refractivity contribution >= 4 is 20.9 Å². The number of pyridine rings is 1. The van der Waals surface area contributed by atoms with Crippen LogP contribution in [0.2, 0.25) is 0 Å². The van der Waals surface area contributed by atoms with E-state index in [1.165, 1.54) is 17.2 Å². The van der Waals surface area contributed by atoms with Gasteiger partial charge >= 0.3 is 6.18 Å². The maximum Gasteiger partial charge on any atom is 0.416 e. The molecule has 0 unspecified atom stereocenters. The number of rotatable bonds is 5. The van der Waals surface area contributed by atoms with E-state index in [1.54, 1.807) is 36.5 Å². The first-order valence-electron chi connectivity index (χ1n) is 11.2. The molecule has 4 aromatic rings. The van der Waals surface area contributed by atoms with Gasteiger partial charge in [-0.05, 0) is 53.9 Å². The van der Waals surface area contributed by atoms with Gasteiger partial charge < -0.3 is 4.57 Å². The number of alkyl halides is 5. The first-order valence-corrected chi connectivity index (χ1v) is 12.7. The summed E-state index contributed by atoms with van der Waals surface area (Å²) >= 11 is 0. The summed E-state index contributed by atoms with van der Waals surface area (Å²) in [5, 5.41) is 7.86. The fourth-order valence-corrected chi connectivity index (χ4v) is 5.94. The zero-order chi connectivity index (χ0) is 26.4. The van der Waals surface area contributed by atoms with Crippen LogP contribution in [0, 0.1) is 0 Å². The normalized spacial score (nSPS) is 20.2. The van der Waals surface area contributed by atoms with E-state index in [2.05, 4.69) is 19.9 Å². The molecule has 2 aromatic carbocycles. The molecule has 1 fully saturated rings. The van der Waals surface area contributed by atoms with Gasteiger partial charge in [-0.25, -0.2) is 21.9 Å². The minimum atomic E-state index is -4.84. The molecule has 0 aliphatic heterocycles. The average molecular weight is 538 g/mol. The lowest BCUT2D eigenvalue weighted by molar-refractivity contribution is -0.137. The fourth-order valence-electron chi connectivity index (χ4n) is 4.62. The van der Waals surface area contributed by atoms with Crippen molar-refractivity contribution in [2.45, 2.75) is 48.3 Å². The van der Waals surface area contributed by atoms with Gasteiger partial charge in [0, 0.05) is 36.5 Å². The second-order valence-corrected chi connectivity index (χ2v) is 10.7. The quantitative estimate of drug-likeness (QED) is 0.353. The van der Waals surface area contributed by atoms with Crippen LogP contribution in [-0.2, 0) is 16.2 Å². The van der Waals surface area contributed by atoms with Gasteiger partial charge in [-0.15, -0.1) is 10.2 Å². The predicted octanol–water partition coefficient (Wildman–Crippen LogP) is 5.22. The SMILES string of the molecule is O=S(=O)(N[C@@H]1C[C@H](n2cnnc2)CC(F)(F)C1)c1cc(-c2ccc3ncccc3c2)cc(C(F)(F)F)c1. The van der Waals surface area contributed by atoms with Gasteiger partial charge in [-0.1, -0.05) is 12.1 Å². The number of nitrogens with zero attached hydrogens (tertiary/aromatic N) is 4. The number of fused-ring (bicyclic) bond motifs is 1. The molecule has 1 aliphatic carbocycles. The summed E-state index contributed by atoms with van der Waals surface area (Å²) in [5.41, 5.74) is -0.196. The minimum Gasteiger partial charge on any atom is -0.317 e. The second kappa shape index (κ2) is 9.14. The zero-order valence-electron chi connectivity index (χ0n) is 19.0. The molecule has 13 heteroatoms. The molecular weight excluding hydrogens is 517 g/mol. The highest BCUT2D eigenvalue weighted by molar-refractivity contribution is 7.89. The van der Waals surface area contributed by atoms with Crippen LogP contribution in [0.25, 0.3) is 22.0 Å². The molecule has 0 spiro atoms. The third-order valence-electron chi connectivity index (χ3n) is 6.30. The third kappa shape index (κ3) is 5.47. The lowest BCUT2D eigenvalue weighted by Crippen LogP contribution is -2.45. The minimum absolute atomic E-state index is 0.00362. The lowest BCUT2D eigenvalue weighted by Gasteiger charge is -2.35. The molecular formula is C24H20F5N5O2S. The van der Waals surface area contributed by atoms with Gasteiger partial charge in [-0.2, -0.15) is 13.2 Å². The predicted molar refractivity (Wildman–Crippen MR) is 124 cm³/mol. The van der Waals surface area contributed by atoms with Crippen molar-refractivity contribution in [2.75, 3.05) is 0 Å². The van der Waals surface area contributed by atoms with E-state index in [-0.39, 0.29) is 12.0 Å². The monoisotopic (exact) mass is 537 g/mol. The zero-order valence-corrected chi connectivity index (χ0v) is 19.8. The Morgan fingerprint density at radius 1 is 0.973 bits per heavy atom. The number of nitrogens with one attached hydrogen (secondary N) is 1. The topological polar surface area (TPSA) is 89.8 Å². The number of benzene rings is 2. The number of hydrogen-bond donors (Lipinski definition) is 1. The van der Waals surface area contributed by atoms with Crippen molar-refractivity contribution in [3.63, 3.8) is 0 Å². The molecule has 2 heterocycles. The summed E-state index contributed by atoms with van der Waals surface area (Å²) in [6, 6.07) is 8.63. The molecule has 0 radical (unpaired) electrons. The molecule has 0 saturated heterocycles. The smallest absolute Gasteiger partial charge is 0.317 e. The van der Waals surface area contributed by atoms with Crippen molar-refractivity contribution in [1.29, 1.82) is 0 Å². The molecule has 1 N–H and O–H groups in total. The lowest BCUT2D eigenvalue weighted by atomic mass is 9.88. The molecule has 2 aromatic heterocycles. The maximum atomic E-state index is 14.5. The standard InChI is InChI=1S/C24H20F5N5O2S/c25-23(26)11-19(10-20(12-23)34-13-31-32-14-34)33-37(35,36)21-8-17(7-18(9-21)24(27,28)29)15-3-4-22-16(6-15)2-1-5-30-22/h1-9,13-14,19-20,33H,10-12H2/t19-,20+/m1/s1. The van der Waals surface area contributed by atoms with Gasteiger partial charge in [0.15, 0.2) is 0 Å². The summed E-state index contributed by atoms with van der Waals surface area (Å²) in [6.45, 7) is 0. The molecule has 2 atom stereocenters. The number of aromatic nitrogens is 4. The van der Waals surface area contributed by atoms with E-state index < -0.39 is 57.5 Å². The third-order valence-corrected chi connectivity index (χ3v) is 7.80. The van der Waals surface area contributed by atoms with E-state index in [0.29, 0.717) is 22.5 Å². The van der Waals surface area contributed by atoms with E-state index in [4.69, 9.17) is 0 Å². The van der Waals surface area contributed by atoms with E-state index in [0.717, 1.165) is 12.1 Å². The molecule has 0 amide bonds. The van der Waals surface area contributed by atoms with Crippen molar-refractivity contribution in [3.05, 3.63) is 72.9 Å². The van der Waals surface area contributed by atoms with Crippen LogP contribution in [0.3, 0.4) is 0 Å². The van der Waals surface area contributed by atoms with Gasteiger partial charge in [0.25, 0.3) is 5.92 Å². The highest BCUT2D eigenvalue weighted by Crippen LogP contribution is 2.40. The first-order chi connectivity index (χ1) is 17.4. The molecule has 194 valence electrons. The summed E-state index contributed by atoms with van der Waals surface area (Å²) in [6.07, 6.45) is -2.06. The summed E-state index contributed by atoms with van der Waals surface area (Å²) < 4.78 is 100. The van der Waals surface area contributed by atoms with Crippen molar-refractivity contribution < 1.29 is 30.4 Å². The highest BCUT2D eigenvalue weighted by Gasteiger charge is 2.43. The maximum absolute atomic E-state index is 14.5. The van der Waals surface area contributed by atoms with Crippen LogP contribution >= 0.6 is 0 Å².